The van der Waals surface area contributed by atoms with Gasteiger partial charge in [0.25, 0.3) is 0 Å². The fraction of sp³-hybridized carbons (Fsp3) is 0.455. The zero-order chi connectivity index (χ0) is 29.3. The van der Waals surface area contributed by atoms with Crippen LogP contribution in [0.25, 0.3) is 11.3 Å². The molecule has 3 heterocycles. The number of halogens is 2. The third-order valence-electron chi connectivity index (χ3n) is 9.63. The van der Waals surface area contributed by atoms with E-state index in [1.54, 1.807) is 12.1 Å². The van der Waals surface area contributed by atoms with Crippen LogP contribution in [0, 0.1) is 11.6 Å². The van der Waals surface area contributed by atoms with Crippen LogP contribution in [-0.2, 0) is 6.54 Å². The van der Waals surface area contributed by atoms with Crippen LogP contribution in [0.1, 0.15) is 55.7 Å². The Balaban J connectivity index is 1.20. The molecular weight excluding hydrogens is 536 g/mol. The van der Waals surface area contributed by atoms with Gasteiger partial charge in [-0.3, -0.25) is 9.69 Å². The SMILES string of the molecule is CNC1CCN(C(=O)N2CCN(Cc3c[nH]c(-c4ccccc4)cc3=O)C3(CCCC3)C2)[C@H](c2ccc(F)c(F)c2)C1. The summed E-state index contributed by atoms with van der Waals surface area (Å²) in [6.07, 6.45) is 7.41. The third kappa shape index (κ3) is 5.60. The van der Waals surface area contributed by atoms with Crippen LogP contribution < -0.4 is 10.7 Å². The number of piperidine rings is 1. The molecule has 2 aliphatic heterocycles. The van der Waals surface area contributed by atoms with Crippen LogP contribution in [0.5, 0.6) is 0 Å². The van der Waals surface area contributed by atoms with Crippen molar-refractivity contribution in [2.75, 3.05) is 33.2 Å². The van der Waals surface area contributed by atoms with Gasteiger partial charge in [-0.25, -0.2) is 13.6 Å². The summed E-state index contributed by atoms with van der Waals surface area (Å²) in [5, 5.41) is 3.30. The highest BCUT2D eigenvalue weighted by molar-refractivity contribution is 5.75. The molecule has 0 radical (unpaired) electrons. The maximum absolute atomic E-state index is 14.2. The Morgan fingerprint density at radius 3 is 2.52 bits per heavy atom. The van der Waals surface area contributed by atoms with E-state index >= 15 is 0 Å². The van der Waals surface area contributed by atoms with Gasteiger partial charge >= 0.3 is 6.03 Å². The number of hydrogen-bond acceptors (Lipinski definition) is 4. The first-order valence-corrected chi connectivity index (χ1v) is 15.1. The van der Waals surface area contributed by atoms with Crippen LogP contribution in [0.4, 0.5) is 13.6 Å². The van der Waals surface area contributed by atoms with E-state index in [-0.39, 0.29) is 29.1 Å². The lowest BCUT2D eigenvalue weighted by Gasteiger charge is -2.51. The Morgan fingerprint density at radius 1 is 1.02 bits per heavy atom. The number of amides is 2. The molecule has 6 rings (SSSR count). The zero-order valence-electron chi connectivity index (χ0n) is 24.1. The highest BCUT2D eigenvalue weighted by Gasteiger charge is 2.46. The predicted octanol–water partition coefficient (Wildman–Crippen LogP) is 5.30. The highest BCUT2D eigenvalue weighted by atomic mass is 19.2. The summed E-state index contributed by atoms with van der Waals surface area (Å²) in [4.78, 5) is 36.8. The van der Waals surface area contributed by atoms with Crippen molar-refractivity contribution in [1.82, 2.24) is 25.0 Å². The number of hydrogen-bond donors (Lipinski definition) is 2. The molecule has 2 N–H and O–H groups in total. The van der Waals surface area contributed by atoms with Gasteiger partial charge in [0.05, 0.1) is 6.04 Å². The molecule has 3 aliphatic rings. The summed E-state index contributed by atoms with van der Waals surface area (Å²) in [5.74, 6) is -1.78. The molecule has 42 heavy (non-hydrogen) atoms. The van der Waals surface area contributed by atoms with Gasteiger partial charge in [-0.05, 0) is 56.0 Å². The number of urea groups is 1. The second-order valence-corrected chi connectivity index (χ2v) is 12.1. The van der Waals surface area contributed by atoms with Crippen molar-refractivity contribution >= 4 is 6.03 Å². The van der Waals surface area contributed by atoms with Crippen LogP contribution in [0.15, 0.2) is 65.6 Å². The second kappa shape index (κ2) is 12.0. The lowest BCUT2D eigenvalue weighted by Crippen LogP contribution is -2.64. The number of carbonyl (C=O) groups excluding carboxylic acids is 1. The maximum atomic E-state index is 14.2. The molecule has 2 aromatic carbocycles. The van der Waals surface area contributed by atoms with Crippen molar-refractivity contribution in [2.45, 2.75) is 62.7 Å². The van der Waals surface area contributed by atoms with Crippen molar-refractivity contribution < 1.29 is 13.6 Å². The van der Waals surface area contributed by atoms with Gasteiger partial charge in [0.15, 0.2) is 17.1 Å². The minimum Gasteiger partial charge on any atom is -0.361 e. The first kappa shape index (κ1) is 28.6. The van der Waals surface area contributed by atoms with E-state index in [0.29, 0.717) is 44.7 Å². The van der Waals surface area contributed by atoms with Crippen molar-refractivity contribution in [2.24, 2.45) is 0 Å². The molecule has 9 heteroatoms. The Kier molecular flexibility index (Phi) is 8.14. The van der Waals surface area contributed by atoms with Gasteiger partial charge in [0, 0.05) is 67.8 Å². The Morgan fingerprint density at radius 2 is 1.81 bits per heavy atom. The Bertz CT molecular complexity index is 1470. The average molecular weight is 576 g/mol. The van der Waals surface area contributed by atoms with Crippen molar-refractivity contribution in [3.8, 4) is 11.3 Å². The molecule has 1 aliphatic carbocycles. The number of rotatable bonds is 5. The number of likely N-dealkylation sites (tertiary alicyclic amines) is 1. The van der Waals surface area contributed by atoms with Crippen molar-refractivity contribution in [3.05, 3.63) is 93.8 Å². The van der Waals surface area contributed by atoms with Gasteiger partial charge in [0.2, 0.25) is 0 Å². The summed E-state index contributed by atoms with van der Waals surface area (Å²) in [6, 6.07) is 15.3. The number of aromatic amines is 1. The zero-order valence-corrected chi connectivity index (χ0v) is 24.1. The molecule has 7 nitrogen and oxygen atoms in total. The fourth-order valence-corrected chi connectivity index (χ4v) is 7.22. The molecule has 2 amide bonds. The normalized spacial score (nSPS) is 22.5. The summed E-state index contributed by atoms with van der Waals surface area (Å²) in [5.41, 5.74) is 2.96. The minimum absolute atomic E-state index is 0.0148. The Hall–Kier alpha value is -3.56. The molecule has 3 fully saturated rings. The number of aromatic nitrogens is 1. The van der Waals surface area contributed by atoms with Gasteiger partial charge in [-0.2, -0.15) is 0 Å². The topological polar surface area (TPSA) is 71.7 Å². The van der Waals surface area contributed by atoms with E-state index in [2.05, 4.69) is 15.2 Å². The number of carbonyl (C=O) groups is 1. The molecule has 1 saturated carbocycles. The number of pyridine rings is 1. The number of benzene rings is 2. The predicted molar refractivity (Wildman–Crippen MR) is 159 cm³/mol. The molecule has 3 aromatic rings. The molecule has 0 bridgehead atoms. The fourth-order valence-electron chi connectivity index (χ4n) is 7.22. The Labute approximate surface area is 245 Å². The van der Waals surface area contributed by atoms with Crippen LogP contribution >= 0.6 is 0 Å². The maximum Gasteiger partial charge on any atom is 0.320 e. The monoisotopic (exact) mass is 575 g/mol. The molecule has 1 unspecified atom stereocenters. The van der Waals surface area contributed by atoms with Gasteiger partial charge in [-0.15, -0.1) is 0 Å². The minimum atomic E-state index is -0.892. The molecule has 1 spiro atoms. The second-order valence-electron chi connectivity index (χ2n) is 12.1. The lowest BCUT2D eigenvalue weighted by atomic mass is 9.90. The smallest absolute Gasteiger partial charge is 0.320 e. The summed E-state index contributed by atoms with van der Waals surface area (Å²) in [6.45, 7) is 2.91. The molecule has 2 saturated heterocycles. The first-order chi connectivity index (χ1) is 20.4. The number of piperazine rings is 1. The van der Waals surface area contributed by atoms with Crippen LogP contribution in [0.3, 0.4) is 0 Å². The van der Waals surface area contributed by atoms with Gasteiger partial charge in [0.1, 0.15) is 0 Å². The standard InChI is InChI=1S/C33H39F2N5O2/c1-36-26-11-14-40(30(18-26)24-9-10-27(34)28(35)17-24)32(42)38-15-16-39(33(22-38)12-5-6-13-33)21-25-20-37-29(19-31(25)41)23-7-3-2-4-8-23/h2-4,7-10,17,19-20,26,30,36H,5-6,11-16,18,21-22H2,1H3,(H,37,41)/t26?,30-/m0/s1. The highest BCUT2D eigenvalue weighted by Crippen LogP contribution is 2.40. The van der Waals surface area contributed by atoms with E-state index < -0.39 is 11.6 Å². The average Bonchev–Trinajstić information content (AvgIpc) is 3.48. The van der Waals surface area contributed by atoms with E-state index in [1.807, 2.05) is 53.4 Å². The largest absolute Gasteiger partial charge is 0.361 e. The quantitative estimate of drug-likeness (QED) is 0.434. The lowest BCUT2D eigenvalue weighted by molar-refractivity contribution is -0.00224. The molecule has 2 atom stereocenters. The van der Waals surface area contributed by atoms with E-state index in [1.165, 1.54) is 6.07 Å². The van der Waals surface area contributed by atoms with E-state index in [4.69, 9.17) is 0 Å². The molecule has 1 aromatic heterocycles. The van der Waals surface area contributed by atoms with Crippen LogP contribution in [-0.4, -0.2) is 70.5 Å². The first-order valence-electron chi connectivity index (χ1n) is 15.1. The van der Waals surface area contributed by atoms with E-state index in [0.717, 1.165) is 55.0 Å². The molecule has 222 valence electrons. The number of nitrogens with one attached hydrogen (secondary N) is 2. The van der Waals surface area contributed by atoms with Crippen LogP contribution in [0.2, 0.25) is 0 Å². The van der Waals surface area contributed by atoms with Crippen molar-refractivity contribution in [3.63, 3.8) is 0 Å². The van der Waals surface area contributed by atoms with Gasteiger partial charge in [-0.1, -0.05) is 49.2 Å². The number of nitrogens with zero attached hydrogens (tertiary/aromatic N) is 3. The summed E-state index contributed by atoms with van der Waals surface area (Å²) >= 11 is 0. The van der Waals surface area contributed by atoms with Crippen molar-refractivity contribution in [1.29, 1.82) is 0 Å². The summed E-state index contributed by atoms with van der Waals surface area (Å²) < 4.78 is 28.0. The molecular formula is C33H39F2N5O2. The van der Waals surface area contributed by atoms with Gasteiger partial charge < -0.3 is 20.1 Å². The summed E-state index contributed by atoms with van der Waals surface area (Å²) in [7, 11) is 1.90. The van der Waals surface area contributed by atoms with E-state index in [9.17, 15) is 18.4 Å². The number of H-pyrrole nitrogens is 1. The third-order valence-corrected chi connectivity index (χ3v) is 9.63.